The average molecular weight is 356 g/mol. The molecule has 4 rings (SSSR count). The number of hydrogen-bond acceptors (Lipinski definition) is 6. The fourth-order valence-electron chi connectivity index (χ4n) is 3.48. The van der Waals surface area contributed by atoms with Crippen LogP contribution in [0, 0.1) is 5.92 Å². The van der Waals surface area contributed by atoms with Gasteiger partial charge in [0.05, 0.1) is 19.2 Å². The van der Waals surface area contributed by atoms with E-state index in [4.69, 9.17) is 9.15 Å². The maximum atomic E-state index is 11.7. The molecule has 136 valence electrons. The number of aryl methyl sites for hydroxylation is 1. The lowest BCUT2D eigenvalue weighted by molar-refractivity contribution is -0.142. The number of piperidine rings is 1. The van der Waals surface area contributed by atoms with Crippen LogP contribution < -0.4 is 9.64 Å². The molecule has 0 spiro atoms. The van der Waals surface area contributed by atoms with E-state index in [9.17, 15) is 9.90 Å². The number of anilines is 1. The molecule has 1 N–H and O–H groups in total. The standard InChI is InChI=1S/C18H20N4O4/c1-21-8-13(7-19-21)11-5-12(17(23)24)10-22(9-11)18-20-15-6-14(25-2)3-4-16(15)26-18/h3-4,6-8,11-12H,5,9-10H2,1-2H3,(H,23,24). The van der Waals surface area contributed by atoms with E-state index in [-0.39, 0.29) is 5.92 Å². The molecule has 1 aliphatic heterocycles. The van der Waals surface area contributed by atoms with Gasteiger partial charge in [0.25, 0.3) is 6.01 Å². The van der Waals surface area contributed by atoms with E-state index in [1.54, 1.807) is 24.1 Å². The maximum Gasteiger partial charge on any atom is 0.308 e. The SMILES string of the molecule is COc1ccc2oc(N3CC(C(=O)O)CC(c4cnn(C)c4)C3)nc2c1. The van der Waals surface area contributed by atoms with Gasteiger partial charge < -0.3 is 19.2 Å². The summed E-state index contributed by atoms with van der Waals surface area (Å²) >= 11 is 0. The van der Waals surface area contributed by atoms with Crippen LogP contribution >= 0.6 is 0 Å². The summed E-state index contributed by atoms with van der Waals surface area (Å²) in [6.07, 6.45) is 4.31. The third-order valence-corrected chi connectivity index (χ3v) is 4.85. The summed E-state index contributed by atoms with van der Waals surface area (Å²) in [5.74, 6) is -0.532. The molecule has 2 atom stereocenters. The maximum absolute atomic E-state index is 11.7. The minimum absolute atomic E-state index is 0.0584. The molecule has 0 radical (unpaired) electrons. The molecule has 3 aromatic rings. The van der Waals surface area contributed by atoms with Crippen LogP contribution in [-0.2, 0) is 11.8 Å². The fraction of sp³-hybridized carbons (Fsp3) is 0.389. The van der Waals surface area contributed by atoms with Crippen LogP contribution in [0.15, 0.2) is 35.0 Å². The summed E-state index contributed by atoms with van der Waals surface area (Å²) in [5.41, 5.74) is 2.37. The Balaban J connectivity index is 1.66. The van der Waals surface area contributed by atoms with Gasteiger partial charge in [-0.1, -0.05) is 0 Å². The van der Waals surface area contributed by atoms with Gasteiger partial charge in [0, 0.05) is 38.3 Å². The molecule has 3 heterocycles. The van der Waals surface area contributed by atoms with Gasteiger partial charge in [0.1, 0.15) is 11.3 Å². The summed E-state index contributed by atoms with van der Waals surface area (Å²) in [6, 6.07) is 5.86. The van der Waals surface area contributed by atoms with Crippen molar-refractivity contribution in [3.63, 3.8) is 0 Å². The highest BCUT2D eigenvalue weighted by molar-refractivity contribution is 5.77. The van der Waals surface area contributed by atoms with Gasteiger partial charge in [-0.2, -0.15) is 10.1 Å². The summed E-state index contributed by atoms with van der Waals surface area (Å²) in [4.78, 5) is 18.1. The topological polar surface area (TPSA) is 93.6 Å². The van der Waals surface area contributed by atoms with Gasteiger partial charge in [-0.05, 0) is 24.1 Å². The molecular formula is C18H20N4O4. The molecule has 0 bridgehead atoms. The molecule has 8 heteroatoms. The molecule has 0 amide bonds. The highest BCUT2D eigenvalue weighted by atomic mass is 16.5. The van der Waals surface area contributed by atoms with E-state index in [0.29, 0.717) is 42.4 Å². The number of aromatic nitrogens is 3. The van der Waals surface area contributed by atoms with Crippen LogP contribution in [0.3, 0.4) is 0 Å². The Morgan fingerprint density at radius 3 is 2.92 bits per heavy atom. The molecule has 1 aliphatic rings. The summed E-state index contributed by atoms with van der Waals surface area (Å²) in [7, 11) is 3.45. The number of carboxylic acid groups (broad SMARTS) is 1. The lowest BCUT2D eigenvalue weighted by atomic mass is 9.86. The van der Waals surface area contributed by atoms with Gasteiger partial charge in [0.15, 0.2) is 5.58 Å². The van der Waals surface area contributed by atoms with Crippen molar-refractivity contribution in [1.82, 2.24) is 14.8 Å². The number of rotatable bonds is 4. The number of carbonyl (C=O) groups is 1. The smallest absolute Gasteiger partial charge is 0.308 e. The zero-order chi connectivity index (χ0) is 18.3. The second-order valence-electron chi connectivity index (χ2n) is 6.65. The molecule has 2 aromatic heterocycles. The first-order chi connectivity index (χ1) is 12.5. The van der Waals surface area contributed by atoms with Gasteiger partial charge in [-0.3, -0.25) is 9.48 Å². The Hall–Kier alpha value is -3.03. The summed E-state index contributed by atoms with van der Waals surface area (Å²) < 4.78 is 12.8. The average Bonchev–Trinajstić information content (AvgIpc) is 3.26. The van der Waals surface area contributed by atoms with E-state index >= 15 is 0 Å². The fourth-order valence-corrected chi connectivity index (χ4v) is 3.48. The normalized spacial score (nSPS) is 20.5. The second-order valence-corrected chi connectivity index (χ2v) is 6.65. The van der Waals surface area contributed by atoms with Crippen LogP contribution in [0.4, 0.5) is 6.01 Å². The lowest BCUT2D eigenvalue weighted by Crippen LogP contribution is -2.42. The van der Waals surface area contributed by atoms with Gasteiger partial charge >= 0.3 is 5.97 Å². The molecule has 0 aliphatic carbocycles. The van der Waals surface area contributed by atoms with Crippen LogP contribution in [-0.4, -0.2) is 46.0 Å². The van der Waals surface area contributed by atoms with Gasteiger partial charge in [0.2, 0.25) is 0 Å². The number of nitrogens with zero attached hydrogens (tertiary/aromatic N) is 4. The number of aliphatic carboxylic acids is 1. The first-order valence-electron chi connectivity index (χ1n) is 8.44. The van der Waals surface area contributed by atoms with Crippen molar-refractivity contribution in [3.8, 4) is 5.75 Å². The molecular weight excluding hydrogens is 336 g/mol. The number of fused-ring (bicyclic) bond motifs is 1. The quantitative estimate of drug-likeness (QED) is 0.766. The second kappa shape index (κ2) is 6.36. The zero-order valence-corrected chi connectivity index (χ0v) is 14.6. The van der Waals surface area contributed by atoms with Crippen molar-refractivity contribution in [2.24, 2.45) is 13.0 Å². The van der Waals surface area contributed by atoms with E-state index in [1.165, 1.54) is 0 Å². The molecule has 26 heavy (non-hydrogen) atoms. The number of hydrogen-bond donors (Lipinski definition) is 1. The predicted octanol–water partition coefficient (Wildman–Crippen LogP) is 2.26. The monoisotopic (exact) mass is 356 g/mol. The van der Waals surface area contributed by atoms with E-state index in [1.807, 2.05) is 30.3 Å². The Bertz CT molecular complexity index is 948. The highest BCUT2D eigenvalue weighted by Gasteiger charge is 2.34. The molecule has 0 saturated carbocycles. The lowest BCUT2D eigenvalue weighted by Gasteiger charge is -2.34. The number of benzene rings is 1. The third kappa shape index (κ3) is 2.98. The van der Waals surface area contributed by atoms with Crippen LogP contribution in [0.25, 0.3) is 11.1 Å². The Labute approximate surface area is 150 Å². The van der Waals surface area contributed by atoms with Crippen molar-refractivity contribution in [1.29, 1.82) is 0 Å². The highest BCUT2D eigenvalue weighted by Crippen LogP contribution is 2.34. The van der Waals surface area contributed by atoms with Crippen molar-refractivity contribution in [2.75, 3.05) is 25.1 Å². The minimum atomic E-state index is -0.804. The molecule has 1 fully saturated rings. The number of carboxylic acids is 1. The Kier molecular flexibility index (Phi) is 4.02. The van der Waals surface area contributed by atoms with Crippen molar-refractivity contribution in [3.05, 3.63) is 36.2 Å². The first-order valence-corrected chi connectivity index (χ1v) is 8.44. The van der Waals surface area contributed by atoms with Crippen molar-refractivity contribution < 1.29 is 19.1 Å². The number of ether oxygens (including phenoxy) is 1. The molecule has 1 saturated heterocycles. The van der Waals surface area contributed by atoms with Crippen molar-refractivity contribution >= 4 is 23.1 Å². The van der Waals surface area contributed by atoms with Gasteiger partial charge in [-0.25, -0.2) is 0 Å². The molecule has 8 nitrogen and oxygen atoms in total. The van der Waals surface area contributed by atoms with E-state index in [2.05, 4.69) is 10.1 Å². The summed E-state index contributed by atoms with van der Waals surface area (Å²) in [5, 5.41) is 13.8. The van der Waals surface area contributed by atoms with Crippen LogP contribution in [0.2, 0.25) is 0 Å². The molecule has 2 unspecified atom stereocenters. The third-order valence-electron chi connectivity index (χ3n) is 4.85. The van der Waals surface area contributed by atoms with Crippen LogP contribution in [0.5, 0.6) is 5.75 Å². The number of oxazole rings is 1. The largest absolute Gasteiger partial charge is 0.497 e. The van der Waals surface area contributed by atoms with Crippen molar-refractivity contribution in [2.45, 2.75) is 12.3 Å². The number of methoxy groups -OCH3 is 1. The van der Waals surface area contributed by atoms with E-state index < -0.39 is 11.9 Å². The Morgan fingerprint density at radius 1 is 1.38 bits per heavy atom. The minimum Gasteiger partial charge on any atom is -0.497 e. The zero-order valence-electron chi connectivity index (χ0n) is 14.6. The Morgan fingerprint density at radius 2 is 2.23 bits per heavy atom. The first kappa shape index (κ1) is 16.4. The van der Waals surface area contributed by atoms with Crippen LogP contribution in [0.1, 0.15) is 17.9 Å². The van der Waals surface area contributed by atoms with E-state index in [0.717, 1.165) is 5.56 Å². The predicted molar refractivity (Wildman–Crippen MR) is 94.5 cm³/mol. The van der Waals surface area contributed by atoms with Gasteiger partial charge in [-0.15, -0.1) is 0 Å². The summed E-state index contributed by atoms with van der Waals surface area (Å²) in [6.45, 7) is 1.01. The molecule has 1 aromatic carbocycles.